The molecule has 0 fully saturated rings. The molecule has 7 heteroatoms. The molecule has 0 unspecified atom stereocenters. The molecule has 28 heavy (non-hydrogen) atoms. The summed E-state index contributed by atoms with van der Waals surface area (Å²) in [7, 11) is 1.29. The number of rotatable bonds is 8. The number of benzene rings is 1. The summed E-state index contributed by atoms with van der Waals surface area (Å²) in [6, 6.07) is 7.81. The Morgan fingerprint density at radius 2 is 2.07 bits per heavy atom. The predicted molar refractivity (Wildman–Crippen MR) is 108 cm³/mol. The number of hydrogen-bond donors (Lipinski definition) is 1. The van der Waals surface area contributed by atoms with E-state index in [2.05, 4.69) is 12.0 Å². The van der Waals surface area contributed by atoms with Crippen LogP contribution in [0.5, 0.6) is 0 Å². The first kappa shape index (κ1) is 19.5. The number of nitrogens with zero attached hydrogens (tertiary/aromatic N) is 4. The fourth-order valence-electron chi connectivity index (χ4n) is 3.37. The lowest BCUT2D eigenvalue weighted by atomic mass is 10.1. The molecule has 0 atom stereocenters. The highest BCUT2D eigenvalue weighted by Gasteiger charge is 2.22. The van der Waals surface area contributed by atoms with Gasteiger partial charge in [0.1, 0.15) is 6.07 Å². The van der Waals surface area contributed by atoms with Crippen molar-refractivity contribution in [2.75, 3.05) is 12.8 Å². The van der Waals surface area contributed by atoms with Crippen molar-refractivity contribution >= 4 is 22.6 Å². The lowest BCUT2D eigenvalue weighted by Crippen LogP contribution is -2.11. The first-order chi connectivity index (χ1) is 13.6. The Morgan fingerprint density at radius 3 is 2.79 bits per heavy atom. The average molecular weight is 379 g/mol. The second-order valence-corrected chi connectivity index (χ2v) is 6.80. The lowest BCUT2D eigenvalue weighted by Gasteiger charge is -2.10. The third kappa shape index (κ3) is 3.72. The van der Waals surface area contributed by atoms with Gasteiger partial charge in [0.2, 0.25) is 0 Å². The molecule has 2 aromatic heterocycles. The molecule has 3 rings (SSSR count). The quantitative estimate of drug-likeness (QED) is 0.470. The van der Waals surface area contributed by atoms with E-state index < -0.39 is 5.97 Å². The van der Waals surface area contributed by atoms with E-state index in [1.807, 2.05) is 35.1 Å². The zero-order valence-electron chi connectivity index (χ0n) is 16.3. The Morgan fingerprint density at radius 1 is 1.29 bits per heavy atom. The second kappa shape index (κ2) is 8.61. The number of nitrogens with two attached hydrogens (primary N) is 1. The number of fused-ring (bicyclic) bond motifs is 1. The molecule has 0 saturated carbocycles. The maximum Gasteiger partial charge on any atom is 0.357 e. The summed E-state index contributed by atoms with van der Waals surface area (Å²) in [5.74, 6) is -0.580. The van der Waals surface area contributed by atoms with Crippen LogP contribution in [0.4, 0.5) is 5.69 Å². The van der Waals surface area contributed by atoms with Gasteiger partial charge in [-0.05, 0) is 24.6 Å². The van der Waals surface area contributed by atoms with Crippen LogP contribution in [0.2, 0.25) is 0 Å². The summed E-state index contributed by atoms with van der Waals surface area (Å²) >= 11 is 0. The van der Waals surface area contributed by atoms with Crippen molar-refractivity contribution in [2.45, 2.75) is 45.6 Å². The summed E-state index contributed by atoms with van der Waals surface area (Å²) in [5, 5.41) is 14.8. The average Bonchev–Trinajstić information content (AvgIpc) is 3.27. The number of nitriles is 1. The highest BCUT2D eigenvalue weighted by Crippen LogP contribution is 2.27. The standard InChI is InChI=1S/C21H25N5O2/c1-3-4-5-6-7-10-26-18-11-17(9-8-15(18)13-24-26)25-14-16(12-22)19(23)20(25)21(27)28-2/h8-9,11,13-14H,3-7,10,23H2,1-2H3. The first-order valence-electron chi connectivity index (χ1n) is 9.55. The number of aryl methyl sites for hydroxylation is 1. The molecule has 2 heterocycles. The summed E-state index contributed by atoms with van der Waals surface area (Å²) in [5.41, 5.74) is 8.23. The predicted octanol–water partition coefficient (Wildman–Crippen LogP) is 4.04. The number of carbonyl (C=O) groups excluding carboxylic acids is 1. The molecule has 0 aliphatic rings. The van der Waals surface area contributed by atoms with Crippen molar-refractivity contribution in [1.82, 2.24) is 14.3 Å². The zero-order chi connectivity index (χ0) is 20.1. The molecule has 0 spiro atoms. The van der Waals surface area contributed by atoms with Gasteiger partial charge in [0.25, 0.3) is 0 Å². The van der Waals surface area contributed by atoms with Crippen LogP contribution in [0, 0.1) is 11.3 Å². The van der Waals surface area contributed by atoms with E-state index in [9.17, 15) is 10.1 Å². The number of methoxy groups -OCH3 is 1. The Bertz CT molecular complexity index is 1030. The third-order valence-electron chi connectivity index (χ3n) is 4.92. The molecule has 0 aliphatic carbocycles. The highest BCUT2D eigenvalue weighted by atomic mass is 16.5. The molecule has 0 aliphatic heterocycles. The Kier molecular flexibility index (Phi) is 5.99. The van der Waals surface area contributed by atoms with Crippen LogP contribution in [0.25, 0.3) is 16.6 Å². The van der Waals surface area contributed by atoms with Gasteiger partial charge >= 0.3 is 5.97 Å². The van der Waals surface area contributed by atoms with Crippen LogP contribution in [-0.2, 0) is 11.3 Å². The first-order valence-corrected chi connectivity index (χ1v) is 9.55. The molecule has 1 aromatic carbocycles. The van der Waals surface area contributed by atoms with E-state index in [-0.39, 0.29) is 16.9 Å². The van der Waals surface area contributed by atoms with Crippen LogP contribution >= 0.6 is 0 Å². The maximum atomic E-state index is 12.2. The molecular formula is C21H25N5O2. The zero-order valence-corrected chi connectivity index (χ0v) is 16.3. The van der Waals surface area contributed by atoms with Crippen LogP contribution in [0.15, 0.2) is 30.6 Å². The molecular weight excluding hydrogens is 354 g/mol. The largest absolute Gasteiger partial charge is 0.464 e. The fraction of sp³-hybridized carbons (Fsp3) is 0.381. The van der Waals surface area contributed by atoms with Crippen molar-refractivity contribution in [3.05, 3.63) is 41.9 Å². The lowest BCUT2D eigenvalue weighted by molar-refractivity contribution is 0.0593. The van der Waals surface area contributed by atoms with Crippen molar-refractivity contribution in [1.29, 1.82) is 5.26 Å². The smallest absolute Gasteiger partial charge is 0.357 e. The van der Waals surface area contributed by atoms with Gasteiger partial charge in [0, 0.05) is 23.8 Å². The van der Waals surface area contributed by atoms with Gasteiger partial charge in [0.05, 0.1) is 30.1 Å². The van der Waals surface area contributed by atoms with E-state index in [0.29, 0.717) is 0 Å². The maximum absolute atomic E-state index is 12.2. The minimum absolute atomic E-state index is 0.124. The number of carbonyl (C=O) groups is 1. The number of unbranched alkanes of at least 4 members (excludes halogenated alkanes) is 4. The Hall–Kier alpha value is -3.27. The van der Waals surface area contributed by atoms with Crippen molar-refractivity contribution in [3.8, 4) is 11.8 Å². The molecule has 7 nitrogen and oxygen atoms in total. The molecule has 146 valence electrons. The van der Waals surface area contributed by atoms with Crippen LogP contribution in [0.1, 0.15) is 55.1 Å². The number of anilines is 1. The molecule has 0 saturated heterocycles. The number of hydrogen-bond acceptors (Lipinski definition) is 5. The van der Waals surface area contributed by atoms with Gasteiger partial charge in [-0.2, -0.15) is 10.4 Å². The summed E-state index contributed by atoms with van der Waals surface area (Å²) in [6.45, 7) is 3.05. The van der Waals surface area contributed by atoms with Crippen molar-refractivity contribution in [3.63, 3.8) is 0 Å². The van der Waals surface area contributed by atoms with Crippen molar-refractivity contribution in [2.24, 2.45) is 0 Å². The van der Waals surface area contributed by atoms with E-state index in [1.54, 1.807) is 10.8 Å². The Balaban J connectivity index is 1.95. The van der Waals surface area contributed by atoms with Gasteiger partial charge in [-0.1, -0.05) is 32.6 Å². The SMILES string of the molecule is CCCCCCCn1ncc2ccc(-n3cc(C#N)c(N)c3C(=O)OC)cc21. The number of esters is 1. The van der Waals surface area contributed by atoms with Crippen LogP contribution < -0.4 is 5.73 Å². The summed E-state index contributed by atoms with van der Waals surface area (Å²) < 4.78 is 8.45. The number of nitrogen functional groups attached to an aromatic ring is 1. The van der Waals surface area contributed by atoms with E-state index in [1.165, 1.54) is 32.8 Å². The van der Waals surface area contributed by atoms with E-state index >= 15 is 0 Å². The van der Waals surface area contributed by atoms with E-state index in [4.69, 9.17) is 10.5 Å². The normalized spacial score (nSPS) is 10.9. The van der Waals surface area contributed by atoms with Crippen LogP contribution in [0.3, 0.4) is 0 Å². The fourth-order valence-corrected chi connectivity index (χ4v) is 3.37. The molecule has 2 N–H and O–H groups in total. The topological polar surface area (TPSA) is 98.9 Å². The van der Waals surface area contributed by atoms with E-state index in [0.717, 1.165) is 29.6 Å². The van der Waals surface area contributed by atoms with Gasteiger partial charge in [-0.15, -0.1) is 0 Å². The van der Waals surface area contributed by atoms with Gasteiger partial charge in [0.15, 0.2) is 5.69 Å². The van der Waals surface area contributed by atoms with Gasteiger partial charge in [-0.25, -0.2) is 4.79 Å². The van der Waals surface area contributed by atoms with Gasteiger partial charge in [-0.3, -0.25) is 4.68 Å². The third-order valence-corrected chi connectivity index (χ3v) is 4.92. The minimum atomic E-state index is -0.580. The molecule has 0 amide bonds. The van der Waals surface area contributed by atoms with Gasteiger partial charge < -0.3 is 15.0 Å². The number of aromatic nitrogens is 3. The molecule has 0 bridgehead atoms. The van der Waals surface area contributed by atoms with Crippen molar-refractivity contribution < 1.29 is 9.53 Å². The van der Waals surface area contributed by atoms with Crippen LogP contribution in [-0.4, -0.2) is 27.4 Å². The summed E-state index contributed by atoms with van der Waals surface area (Å²) in [6.07, 6.45) is 9.39. The monoisotopic (exact) mass is 379 g/mol. The summed E-state index contributed by atoms with van der Waals surface area (Å²) in [4.78, 5) is 12.2. The minimum Gasteiger partial charge on any atom is -0.464 e. The molecule has 3 aromatic rings. The Labute approximate surface area is 164 Å². The number of ether oxygens (including phenoxy) is 1. The highest BCUT2D eigenvalue weighted by molar-refractivity contribution is 5.96. The second-order valence-electron chi connectivity index (χ2n) is 6.80. The molecule has 0 radical (unpaired) electrons.